The van der Waals surface area contributed by atoms with Gasteiger partial charge >= 0.3 is 6.09 Å². The van der Waals surface area contributed by atoms with E-state index >= 15 is 0 Å². The first-order chi connectivity index (χ1) is 12.7. The molecule has 1 aliphatic rings. The van der Waals surface area contributed by atoms with Crippen LogP contribution in [0.3, 0.4) is 0 Å². The molecule has 1 unspecified atom stereocenters. The number of carbonyl (C=O) groups excluding carboxylic acids is 2. The van der Waals surface area contributed by atoms with Gasteiger partial charge in [0.15, 0.2) is 0 Å². The van der Waals surface area contributed by atoms with Crippen LogP contribution in [0.15, 0.2) is 24.3 Å². The molecule has 0 bridgehead atoms. The van der Waals surface area contributed by atoms with Crippen LogP contribution in [-0.4, -0.2) is 41.6 Å². The van der Waals surface area contributed by atoms with Crippen LogP contribution in [0, 0.1) is 0 Å². The van der Waals surface area contributed by atoms with Crippen molar-refractivity contribution < 1.29 is 14.3 Å². The molecule has 1 aromatic rings. The minimum atomic E-state index is -0.583. The van der Waals surface area contributed by atoms with Crippen LogP contribution in [0.2, 0.25) is 5.02 Å². The molecule has 0 radical (unpaired) electrons. The van der Waals surface area contributed by atoms with Crippen molar-refractivity contribution in [3.05, 3.63) is 34.9 Å². The van der Waals surface area contributed by atoms with Gasteiger partial charge in [0.25, 0.3) is 0 Å². The maximum Gasteiger partial charge on any atom is 0.408 e. The molecule has 150 valence electrons. The van der Waals surface area contributed by atoms with Crippen LogP contribution in [0.4, 0.5) is 4.79 Å². The zero-order chi connectivity index (χ0) is 20.0. The number of nitrogens with one attached hydrogen (secondary N) is 1. The van der Waals surface area contributed by atoms with E-state index in [-0.39, 0.29) is 5.91 Å². The van der Waals surface area contributed by atoms with E-state index in [0.29, 0.717) is 25.4 Å². The fourth-order valence-electron chi connectivity index (χ4n) is 3.38. The van der Waals surface area contributed by atoms with E-state index in [1.54, 1.807) is 0 Å². The average molecular weight is 395 g/mol. The molecule has 1 fully saturated rings. The topological polar surface area (TPSA) is 58.6 Å². The third-order valence-electron chi connectivity index (χ3n) is 4.71. The van der Waals surface area contributed by atoms with Crippen molar-refractivity contribution in [2.45, 2.75) is 70.9 Å². The summed E-state index contributed by atoms with van der Waals surface area (Å²) in [6.07, 6.45) is 2.71. The Hall–Kier alpha value is -1.75. The van der Waals surface area contributed by atoms with E-state index in [1.165, 1.54) is 5.56 Å². The van der Waals surface area contributed by atoms with Gasteiger partial charge in [-0.25, -0.2) is 4.79 Å². The second-order valence-corrected chi connectivity index (χ2v) is 8.58. The molecule has 1 atom stereocenters. The van der Waals surface area contributed by atoms with Gasteiger partial charge in [0, 0.05) is 18.1 Å². The largest absolute Gasteiger partial charge is 0.444 e. The average Bonchev–Trinajstić information content (AvgIpc) is 2.60. The summed E-state index contributed by atoms with van der Waals surface area (Å²) in [5.41, 5.74) is 0.685. The van der Waals surface area contributed by atoms with Crippen LogP contribution >= 0.6 is 11.6 Å². The highest BCUT2D eigenvalue weighted by molar-refractivity contribution is 6.30. The number of hydrogen-bond donors (Lipinski definition) is 1. The highest BCUT2D eigenvalue weighted by Gasteiger charge is 2.30. The predicted octanol–water partition coefficient (Wildman–Crippen LogP) is 4.74. The normalized spacial score (nSPS) is 16.7. The molecule has 5 nitrogen and oxygen atoms in total. The number of nitrogens with zero attached hydrogens (tertiary/aromatic N) is 1. The molecule has 1 aliphatic heterocycles. The standard InChI is InChI=1S/C21H31ClN2O3/c1-5-6-18(23-20(26)27-21(2,3)4)19(25)24-13-11-16(12-14-24)15-7-9-17(22)10-8-15/h7-10,16,18H,5-6,11-14H2,1-4H3,(H,23,26). The van der Waals surface area contributed by atoms with Crippen molar-refractivity contribution in [3.63, 3.8) is 0 Å². The predicted molar refractivity (Wildman–Crippen MR) is 108 cm³/mol. The summed E-state index contributed by atoms with van der Waals surface area (Å²) in [6, 6.07) is 7.42. The van der Waals surface area contributed by atoms with Crippen molar-refractivity contribution in [1.29, 1.82) is 0 Å². The van der Waals surface area contributed by atoms with E-state index < -0.39 is 17.7 Å². The Kier molecular flexibility index (Phi) is 7.54. The van der Waals surface area contributed by atoms with Gasteiger partial charge in [0.2, 0.25) is 5.91 Å². The van der Waals surface area contributed by atoms with Crippen LogP contribution < -0.4 is 5.32 Å². The SMILES string of the molecule is CCCC(NC(=O)OC(C)(C)C)C(=O)N1CCC(c2ccc(Cl)cc2)CC1. The zero-order valence-corrected chi connectivity index (χ0v) is 17.5. The summed E-state index contributed by atoms with van der Waals surface area (Å²) in [6.45, 7) is 8.83. The lowest BCUT2D eigenvalue weighted by Crippen LogP contribution is -2.51. The Labute approximate surface area is 167 Å². The maximum atomic E-state index is 12.9. The van der Waals surface area contributed by atoms with Gasteiger partial charge in [0.05, 0.1) is 0 Å². The van der Waals surface area contributed by atoms with Gasteiger partial charge < -0.3 is 15.0 Å². The molecule has 0 aromatic heterocycles. The number of carbonyl (C=O) groups is 2. The van der Waals surface area contributed by atoms with Crippen molar-refractivity contribution in [2.24, 2.45) is 0 Å². The van der Waals surface area contributed by atoms with Crippen molar-refractivity contribution in [3.8, 4) is 0 Å². The van der Waals surface area contributed by atoms with Crippen LogP contribution in [0.5, 0.6) is 0 Å². The highest BCUT2D eigenvalue weighted by atomic mass is 35.5. The number of ether oxygens (including phenoxy) is 1. The molecule has 1 N–H and O–H groups in total. The van der Waals surface area contributed by atoms with Crippen LogP contribution in [0.1, 0.15) is 64.9 Å². The van der Waals surface area contributed by atoms with Gasteiger partial charge in [-0.15, -0.1) is 0 Å². The first-order valence-electron chi connectivity index (χ1n) is 9.73. The lowest BCUT2D eigenvalue weighted by atomic mass is 9.89. The van der Waals surface area contributed by atoms with Gasteiger partial charge in [-0.05, 0) is 63.6 Å². The third-order valence-corrected chi connectivity index (χ3v) is 4.97. The van der Waals surface area contributed by atoms with E-state index in [1.807, 2.05) is 44.7 Å². The van der Waals surface area contributed by atoms with Gasteiger partial charge in [0.1, 0.15) is 11.6 Å². The summed E-state index contributed by atoms with van der Waals surface area (Å²) >= 11 is 5.96. The molecular formula is C21H31ClN2O3. The molecule has 1 heterocycles. The van der Waals surface area contributed by atoms with E-state index in [0.717, 1.165) is 24.3 Å². The number of likely N-dealkylation sites (tertiary alicyclic amines) is 1. The fraction of sp³-hybridized carbons (Fsp3) is 0.619. The third kappa shape index (κ3) is 6.73. The first kappa shape index (κ1) is 21.5. The minimum absolute atomic E-state index is 0.0164. The summed E-state index contributed by atoms with van der Waals surface area (Å²) in [4.78, 5) is 26.9. The van der Waals surface area contributed by atoms with Crippen LogP contribution in [-0.2, 0) is 9.53 Å². The minimum Gasteiger partial charge on any atom is -0.444 e. The zero-order valence-electron chi connectivity index (χ0n) is 16.8. The molecule has 0 aliphatic carbocycles. The maximum absolute atomic E-state index is 12.9. The van der Waals surface area contributed by atoms with Gasteiger partial charge in [-0.1, -0.05) is 37.1 Å². The number of rotatable bonds is 5. The van der Waals surface area contributed by atoms with Gasteiger partial charge in [-0.2, -0.15) is 0 Å². The molecule has 2 rings (SSSR count). The quantitative estimate of drug-likeness (QED) is 0.784. The molecule has 6 heteroatoms. The smallest absolute Gasteiger partial charge is 0.408 e. The van der Waals surface area contributed by atoms with E-state index in [2.05, 4.69) is 17.4 Å². The Morgan fingerprint density at radius 1 is 1.22 bits per heavy atom. The summed E-state index contributed by atoms with van der Waals surface area (Å²) < 4.78 is 5.30. The Balaban J connectivity index is 1.92. The second kappa shape index (κ2) is 9.45. The monoisotopic (exact) mass is 394 g/mol. The Bertz CT molecular complexity index is 632. The molecule has 2 amide bonds. The lowest BCUT2D eigenvalue weighted by Gasteiger charge is -2.34. The number of amides is 2. The van der Waals surface area contributed by atoms with Crippen molar-refractivity contribution in [1.82, 2.24) is 10.2 Å². The lowest BCUT2D eigenvalue weighted by molar-refractivity contribution is -0.134. The van der Waals surface area contributed by atoms with Crippen molar-refractivity contribution in [2.75, 3.05) is 13.1 Å². The van der Waals surface area contributed by atoms with Gasteiger partial charge in [-0.3, -0.25) is 4.79 Å². The summed E-state index contributed by atoms with van der Waals surface area (Å²) in [7, 11) is 0. The number of piperidine rings is 1. The number of alkyl carbamates (subject to hydrolysis) is 1. The molecule has 0 saturated carbocycles. The van der Waals surface area contributed by atoms with Crippen molar-refractivity contribution >= 4 is 23.6 Å². The fourth-order valence-corrected chi connectivity index (χ4v) is 3.51. The molecular weight excluding hydrogens is 364 g/mol. The summed E-state index contributed by atoms with van der Waals surface area (Å²) in [5.74, 6) is 0.423. The van der Waals surface area contributed by atoms with E-state index in [9.17, 15) is 9.59 Å². The second-order valence-electron chi connectivity index (χ2n) is 8.14. The first-order valence-corrected chi connectivity index (χ1v) is 10.1. The molecule has 1 saturated heterocycles. The highest BCUT2D eigenvalue weighted by Crippen LogP contribution is 2.29. The number of benzene rings is 1. The van der Waals surface area contributed by atoms with Crippen LogP contribution in [0.25, 0.3) is 0 Å². The molecule has 0 spiro atoms. The number of halogens is 1. The van der Waals surface area contributed by atoms with E-state index in [4.69, 9.17) is 16.3 Å². The molecule has 27 heavy (non-hydrogen) atoms. The Morgan fingerprint density at radius 3 is 2.33 bits per heavy atom. The molecule has 1 aromatic carbocycles. The Morgan fingerprint density at radius 2 is 1.81 bits per heavy atom. The summed E-state index contributed by atoms with van der Waals surface area (Å²) in [5, 5.41) is 3.49. The number of hydrogen-bond acceptors (Lipinski definition) is 3.